The molecule has 1 atom stereocenters. The zero-order valence-electron chi connectivity index (χ0n) is 12.6. The molecule has 0 saturated heterocycles. The number of anilines is 1. The molecule has 0 N–H and O–H groups in total. The van der Waals surface area contributed by atoms with Crippen LogP contribution in [0.1, 0.15) is 38.2 Å². The van der Waals surface area contributed by atoms with Crippen molar-refractivity contribution in [1.82, 2.24) is 0 Å². The minimum absolute atomic E-state index is 0.0633. The van der Waals surface area contributed by atoms with Gasteiger partial charge in [-0.1, -0.05) is 32.3 Å². The molecule has 0 bridgehead atoms. The molecule has 112 valence electrons. The molecule has 1 rings (SSSR count). The first-order chi connectivity index (χ1) is 9.62. The fraction of sp³-hybridized carbons (Fsp3) is 0.562. The van der Waals surface area contributed by atoms with Gasteiger partial charge >= 0.3 is 0 Å². The summed E-state index contributed by atoms with van der Waals surface area (Å²) in [6, 6.07) is 4.76. The number of carbonyl (C=O) groups excluding carboxylic acids is 1. The Hall–Kier alpha value is -1.42. The van der Waals surface area contributed by atoms with E-state index in [1.165, 1.54) is 11.0 Å². The third kappa shape index (κ3) is 4.93. The van der Waals surface area contributed by atoms with Crippen LogP contribution in [0.15, 0.2) is 18.2 Å². The maximum absolute atomic E-state index is 13.8. The first-order valence-corrected chi connectivity index (χ1v) is 7.13. The zero-order chi connectivity index (χ0) is 15.0. The quantitative estimate of drug-likeness (QED) is 0.510. The summed E-state index contributed by atoms with van der Waals surface area (Å²) in [5.74, 6) is -0.383. The van der Waals surface area contributed by atoms with Crippen LogP contribution < -0.4 is 4.90 Å². The molecule has 0 aliphatic carbocycles. The van der Waals surface area contributed by atoms with Crippen molar-refractivity contribution in [3.8, 4) is 0 Å². The molecule has 0 saturated carbocycles. The van der Waals surface area contributed by atoms with Gasteiger partial charge in [0.1, 0.15) is 5.82 Å². The molecule has 1 amide bonds. The molecule has 1 aromatic rings. The van der Waals surface area contributed by atoms with E-state index in [1.54, 1.807) is 19.2 Å². The van der Waals surface area contributed by atoms with Gasteiger partial charge in [-0.2, -0.15) is 0 Å². The number of hydrogen-bond acceptors (Lipinski definition) is 2. The molecule has 1 aromatic carbocycles. The number of aryl methyl sites for hydroxylation is 1. The molecular formula is C16H24FNO2. The topological polar surface area (TPSA) is 29.5 Å². The molecule has 20 heavy (non-hydrogen) atoms. The van der Waals surface area contributed by atoms with Gasteiger partial charge in [0.25, 0.3) is 0 Å². The summed E-state index contributed by atoms with van der Waals surface area (Å²) in [7, 11) is 1.63. The average Bonchev–Trinajstić information content (AvgIpc) is 2.45. The van der Waals surface area contributed by atoms with Crippen molar-refractivity contribution in [2.75, 3.05) is 18.6 Å². The number of unbranched alkanes of at least 4 members (excludes halogenated alkanes) is 2. The second kappa shape index (κ2) is 8.69. The monoisotopic (exact) mass is 281 g/mol. The Balaban J connectivity index is 2.74. The van der Waals surface area contributed by atoms with Crippen molar-refractivity contribution in [1.29, 1.82) is 0 Å². The molecule has 0 aromatic heterocycles. The zero-order valence-corrected chi connectivity index (χ0v) is 12.6. The van der Waals surface area contributed by atoms with Crippen molar-refractivity contribution in [2.45, 2.75) is 45.6 Å². The van der Waals surface area contributed by atoms with E-state index in [0.717, 1.165) is 31.2 Å². The Morgan fingerprint density at radius 1 is 1.40 bits per heavy atom. The number of rotatable bonds is 9. The summed E-state index contributed by atoms with van der Waals surface area (Å²) >= 11 is 0. The fourth-order valence-corrected chi connectivity index (χ4v) is 2.17. The van der Waals surface area contributed by atoms with Gasteiger partial charge in [0.15, 0.2) is 0 Å². The van der Waals surface area contributed by atoms with E-state index >= 15 is 0 Å². The van der Waals surface area contributed by atoms with Crippen LogP contribution >= 0.6 is 0 Å². The lowest BCUT2D eigenvalue weighted by Crippen LogP contribution is -2.33. The van der Waals surface area contributed by atoms with Crippen LogP contribution in [0.4, 0.5) is 10.1 Å². The van der Waals surface area contributed by atoms with E-state index < -0.39 is 0 Å². The van der Waals surface area contributed by atoms with Gasteiger partial charge in [0.05, 0.1) is 18.3 Å². The third-order valence-electron chi connectivity index (χ3n) is 3.40. The summed E-state index contributed by atoms with van der Waals surface area (Å²) in [6.07, 6.45) is 4.82. The molecule has 0 fully saturated rings. The van der Waals surface area contributed by atoms with Crippen LogP contribution in [0.25, 0.3) is 0 Å². The van der Waals surface area contributed by atoms with Crippen LogP contribution in [0.5, 0.6) is 0 Å². The number of carbonyl (C=O) groups is 1. The van der Waals surface area contributed by atoms with Crippen molar-refractivity contribution in [2.24, 2.45) is 0 Å². The van der Waals surface area contributed by atoms with E-state index in [0.29, 0.717) is 18.6 Å². The molecule has 1 unspecified atom stereocenters. The Labute approximate surface area is 120 Å². The number of benzene rings is 1. The number of halogens is 1. The maximum atomic E-state index is 13.8. The number of methoxy groups -OCH3 is 1. The number of hydrogen-bond donors (Lipinski definition) is 0. The van der Waals surface area contributed by atoms with Gasteiger partial charge in [-0.3, -0.25) is 4.79 Å². The number of ether oxygens (including phenoxy) is 1. The SMILES string of the molecule is CCCCCC(CN(C=O)c1cc(C)ccc1F)OC. The predicted octanol–water partition coefficient (Wildman–Crippen LogP) is 3.69. The second-order valence-corrected chi connectivity index (χ2v) is 5.07. The molecule has 0 aliphatic rings. The number of nitrogens with zero attached hydrogens (tertiary/aromatic N) is 1. The lowest BCUT2D eigenvalue weighted by Gasteiger charge is -2.24. The van der Waals surface area contributed by atoms with Crippen molar-refractivity contribution < 1.29 is 13.9 Å². The van der Waals surface area contributed by atoms with Gasteiger partial charge in [0.2, 0.25) is 6.41 Å². The largest absolute Gasteiger partial charge is 0.380 e. The minimum Gasteiger partial charge on any atom is -0.380 e. The van der Waals surface area contributed by atoms with E-state index in [1.807, 2.05) is 6.92 Å². The highest BCUT2D eigenvalue weighted by Gasteiger charge is 2.16. The first kappa shape index (κ1) is 16.6. The predicted molar refractivity (Wildman–Crippen MR) is 79.5 cm³/mol. The highest BCUT2D eigenvalue weighted by molar-refractivity contribution is 5.75. The lowest BCUT2D eigenvalue weighted by atomic mass is 10.1. The van der Waals surface area contributed by atoms with Crippen molar-refractivity contribution >= 4 is 12.1 Å². The summed E-state index contributed by atoms with van der Waals surface area (Å²) < 4.78 is 19.2. The smallest absolute Gasteiger partial charge is 0.214 e. The van der Waals surface area contributed by atoms with Gasteiger partial charge in [0, 0.05) is 7.11 Å². The third-order valence-corrected chi connectivity index (χ3v) is 3.40. The Morgan fingerprint density at radius 2 is 2.15 bits per heavy atom. The van der Waals surface area contributed by atoms with Gasteiger partial charge in [-0.05, 0) is 31.0 Å². The molecule has 3 nitrogen and oxygen atoms in total. The van der Waals surface area contributed by atoms with Crippen LogP contribution in [0.2, 0.25) is 0 Å². The van der Waals surface area contributed by atoms with Gasteiger partial charge < -0.3 is 9.64 Å². The minimum atomic E-state index is -0.383. The van der Waals surface area contributed by atoms with Crippen LogP contribution in [-0.4, -0.2) is 26.2 Å². The van der Waals surface area contributed by atoms with E-state index in [4.69, 9.17) is 4.74 Å². The van der Waals surface area contributed by atoms with Gasteiger partial charge in [-0.15, -0.1) is 0 Å². The van der Waals surface area contributed by atoms with Gasteiger partial charge in [-0.25, -0.2) is 4.39 Å². The van der Waals surface area contributed by atoms with Crippen LogP contribution in [-0.2, 0) is 9.53 Å². The highest BCUT2D eigenvalue weighted by atomic mass is 19.1. The van der Waals surface area contributed by atoms with E-state index in [-0.39, 0.29) is 11.9 Å². The standard InChI is InChI=1S/C16H24FNO2/c1-4-5-6-7-14(20-3)11-18(12-19)16-10-13(2)8-9-15(16)17/h8-10,12,14H,4-7,11H2,1-3H3. The van der Waals surface area contributed by atoms with Crippen molar-refractivity contribution in [3.05, 3.63) is 29.6 Å². The molecule has 0 radical (unpaired) electrons. The first-order valence-electron chi connectivity index (χ1n) is 7.13. The number of amides is 1. The highest BCUT2D eigenvalue weighted by Crippen LogP contribution is 2.21. The Kier molecular flexibility index (Phi) is 7.23. The Morgan fingerprint density at radius 3 is 2.75 bits per heavy atom. The molecule has 0 heterocycles. The fourth-order valence-electron chi connectivity index (χ4n) is 2.17. The summed E-state index contributed by atoms with van der Waals surface area (Å²) in [5, 5.41) is 0. The molecular weight excluding hydrogens is 257 g/mol. The van der Waals surface area contributed by atoms with E-state index in [9.17, 15) is 9.18 Å². The second-order valence-electron chi connectivity index (χ2n) is 5.07. The van der Waals surface area contributed by atoms with Crippen LogP contribution in [0, 0.1) is 12.7 Å². The average molecular weight is 281 g/mol. The Bertz CT molecular complexity index is 423. The van der Waals surface area contributed by atoms with E-state index in [2.05, 4.69) is 6.92 Å². The van der Waals surface area contributed by atoms with Crippen LogP contribution in [0.3, 0.4) is 0 Å². The molecule has 4 heteroatoms. The maximum Gasteiger partial charge on any atom is 0.214 e. The summed E-state index contributed by atoms with van der Waals surface area (Å²) in [4.78, 5) is 12.6. The van der Waals surface area contributed by atoms with Crippen molar-refractivity contribution in [3.63, 3.8) is 0 Å². The summed E-state index contributed by atoms with van der Waals surface area (Å²) in [6.45, 7) is 4.40. The molecule has 0 aliphatic heterocycles. The lowest BCUT2D eigenvalue weighted by molar-refractivity contribution is -0.107. The normalized spacial score (nSPS) is 12.2. The summed E-state index contributed by atoms with van der Waals surface area (Å²) in [5.41, 5.74) is 1.24. The molecule has 0 spiro atoms.